The number of nitrogens with two attached hydrogens (primary N) is 1. The summed E-state index contributed by atoms with van der Waals surface area (Å²) >= 11 is 0. The molecule has 0 amide bonds. The van der Waals surface area contributed by atoms with Crippen molar-refractivity contribution in [2.45, 2.75) is 19.6 Å². The Morgan fingerprint density at radius 2 is 1.89 bits per heavy atom. The van der Waals surface area contributed by atoms with Crippen LogP contribution in [0.4, 0.5) is 5.69 Å². The van der Waals surface area contributed by atoms with Crippen molar-refractivity contribution in [3.05, 3.63) is 29.8 Å². The van der Waals surface area contributed by atoms with Crippen LogP contribution in [0.1, 0.15) is 19.4 Å². The summed E-state index contributed by atoms with van der Waals surface area (Å²) in [7, 11) is -3.22. The van der Waals surface area contributed by atoms with Gasteiger partial charge in [-0.05, 0) is 29.5 Å². The summed E-state index contributed by atoms with van der Waals surface area (Å²) in [5.41, 5.74) is 7.02. The van der Waals surface area contributed by atoms with Gasteiger partial charge in [0.2, 0.25) is 10.0 Å². The van der Waals surface area contributed by atoms with Gasteiger partial charge in [0.25, 0.3) is 0 Å². The number of nitrogens with zero attached hydrogens (tertiary/aromatic N) is 1. The molecule has 1 aliphatic rings. The van der Waals surface area contributed by atoms with Gasteiger partial charge in [0.15, 0.2) is 0 Å². The first kappa shape index (κ1) is 13.4. The van der Waals surface area contributed by atoms with Crippen molar-refractivity contribution in [3.8, 4) is 0 Å². The number of benzene rings is 1. The van der Waals surface area contributed by atoms with E-state index in [-0.39, 0.29) is 5.75 Å². The van der Waals surface area contributed by atoms with E-state index >= 15 is 0 Å². The van der Waals surface area contributed by atoms with Crippen LogP contribution in [0.3, 0.4) is 0 Å². The molecule has 1 aliphatic heterocycles. The second-order valence-electron chi connectivity index (χ2n) is 5.27. The Kier molecular flexibility index (Phi) is 3.64. The minimum atomic E-state index is -3.22. The Morgan fingerprint density at radius 3 is 2.44 bits per heavy atom. The second kappa shape index (κ2) is 4.90. The average molecular weight is 268 g/mol. The molecule has 18 heavy (non-hydrogen) atoms. The quantitative estimate of drug-likeness (QED) is 0.848. The van der Waals surface area contributed by atoms with E-state index in [0.717, 1.165) is 5.56 Å². The summed E-state index contributed by atoms with van der Waals surface area (Å²) in [6.45, 7) is 5.46. The molecule has 0 aliphatic carbocycles. The average Bonchev–Trinajstić information content (AvgIpc) is 2.59. The van der Waals surface area contributed by atoms with Crippen molar-refractivity contribution in [1.82, 2.24) is 4.31 Å². The third kappa shape index (κ3) is 2.84. The normalized spacial score (nSPS) is 25.4. The Hall–Kier alpha value is -1.07. The van der Waals surface area contributed by atoms with Crippen LogP contribution in [-0.2, 0) is 15.8 Å². The molecule has 0 aromatic heterocycles. The van der Waals surface area contributed by atoms with E-state index in [1.54, 1.807) is 28.6 Å². The van der Waals surface area contributed by atoms with Crippen LogP contribution in [0.2, 0.25) is 0 Å². The molecule has 1 aromatic carbocycles. The molecule has 1 fully saturated rings. The van der Waals surface area contributed by atoms with Gasteiger partial charge in [-0.2, -0.15) is 0 Å². The van der Waals surface area contributed by atoms with Gasteiger partial charge in [0.05, 0.1) is 5.75 Å². The lowest BCUT2D eigenvalue weighted by molar-refractivity contribution is 0.462. The molecule has 2 rings (SSSR count). The lowest BCUT2D eigenvalue weighted by atomic mass is 10.0. The standard InChI is InChI=1S/C13H20N2O2S/c1-10-7-15(8-11(10)2)18(16,17)9-12-4-3-5-13(14)6-12/h3-6,10-11H,7-9,14H2,1-2H3. The number of hydrogen-bond donors (Lipinski definition) is 1. The van der Waals surface area contributed by atoms with Gasteiger partial charge in [-0.25, -0.2) is 12.7 Å². The summed E-state index contributed by atoms with van der Waals surface area (Å²) < 4.78 is 26.2. The second-order valence-corrected chi connectivity index (χ2v) is 7.24. The van der Waals surface area contributed by atoms with E-state index in [1.807, 2.05) is 0 Å². The molecule has 4 nitrogen and oxygen atoms in total. The minimum Gasteiger partial charge on any atom is -0.399 e. The Labute approximate surface area is 109 Å². The maximum absolute atomic E-state index is 12.3. The molecule has 1 aromatic rings. The molecule has 100 valence electrons. The van der Waals surface area contributed by atoms with Crippen molar-refractivity contribution in [2.75, 3.05) is 18.8 Å². The first-order chi connectivity index (χ1) is 8.38. The predicted octanol–water partition coefficient (Wildman–Crippen LogP) is 1.69. The van der Waals surface area contributed by atoms with Gasteiger partial charge in [-0.1, -0.05) is 26.0 Å². The van der Waals surface area contributed by atoms with Crippen molar-refractivity contribution < 1.29 is 8.42 Å². The van der Waals surface area contributed by atoms with Gasteiger partial charge < -0.3 is 5.73 Å². The Bertz CT molecular complexity index is 518. The zero-order valence-electron chi connectivity index (χ0n) is 10.8. The van der Waals surface area contributed by atoms with Crippen molar-refractivity contribution >= 4 is 15.7 Å². The molecule has 1 saturated heterocycles. The molecule has 1 heterocycles. The van der Waals surface area contributed by atoms with Gasteiger partial charge >= 0.3 is 0 Å². The predicted molar refractivity (Wildman–Crippen MR) is 73.4 cm³/mol. The Morgan fingerprint density at radius 1 is 1.28 bits per heavy atom. The highest BCUT2D eigenvalue weighted by atomic mass is 32.2. The van der Waals surface area contributed by atoms with Gasteiger partial charge in [0, 0.05) is 18.8 Å². The first-order valence-corrected chi connectivity index (χ1v) is 7.81. The lowest BCUT2D eigenvalue weighted by Gasteiger charge is -2.16. The fourth-order valence-corrected chi connectivity index (χ4v) is 4.00. The number of anilines is 1. The number of nitrogen functional groups attached to an aromatic ring is 1. The van der Waals surface area contributed by atoms with E-state index in [2.05, 4.69) is 13.8 Å². The molecule has 0 saturated carbocycles. The maximum Gasteiger partial charge on any atom is 0.218 e. The van der Waals surface area contributed by atoms with Crippen LogP contribution >= 0.6 is 0 Å². The summed E-state index contributed by atoms with van der Waals surface area (Å²) in [5, 5.41) is 0. The third-order valence-electron chi connectivity index (χ3n) is 3.65. The highest BCUT2D eigenvalue weighted by molar-refractivity contribution is 7.88. The fourth-order valence-electron chi connectivity index (χ4n) is 2.29. The molecule has 2 N–H and O–H groups in total. The SMILES string of the molecule is CC1CN(S(=O)(=O)Cc2cccc(N)c2)CC1C. The summed E-state index contributed by atoms with van der Waals surface area (Å²) in [6, 6.07) is 7.07. The number of sulfonamides is 1. The monoisotopic (exact) mass is 268 g/mol. The smallest absolute Gasteiger partial charge is 0.218 e. The number of rotatable bonds is 3. The van der Waals surface area contributed by atoms with E-state index < -0.39 is 10.0 Å². The molecule has 0 bridgehead atoms. The zero-order valence-corrected chi connectivity index (χ0v) is 11.7. The van der Waals surface area contributed by atoms with Crippen LogP contribution in [0.25, 0.3) is 0 Å². The van der Waals surface area contributed by atoms with Crippen LogP contribution < -0.4 is 5.73 Å². The largest absolute Gasteiger partial charge is 0.399 e. The third-order valence-corrected chi connectivity index (χ3v) is 5.43. The highest BCUT2D eigenvalue weighted by Crippen LogP contribution is 2.26. The van der Waals surface area contributed by atoms with Crippen LogP contribution in [-0.4, -0.2) is 25.8 Å². The van der Waals surface area contributed by atoms with E-state index in [4.69, 9.17) is 5.73 Å². The van der Waals surface area contributed by atoms with Gasteiger partial charge in [-0.3, -0.25) is 0 Å². The molecular formula is C13H20N2O2S. The van der Waals surface area contributed by atoms with Crippen molar-refractivity contribution in [2.24, 2.45) is 11.8 Å². The summed E-state index contributed by atoms with van der Waals surface area (Å²) in [6.07, 6.45) is 0. The Balaban J connectivity index is 2.13. The summed E-state index contributed by atoms with van der Waals surface area (Å²) in [5.74, 6) is 0.901. The lowest BCUT2D eigenvalue weighted by Crippen LogP contribution is -2.30. The van der Waals surface area contributed by atoms with Crippen molar-refractivity contribution in [1.29, 1.82) is 0 Å². The minimum absolute atomic E-state index is 0.0392. The fraction of sp³-hybridized carbons (Fsp3) is 0.538. The van der Waals surface area contributed by atoms with Gasteiger partial charge in [0.1, 0.15) is 0 Å². The molecule has 2 unspecified atom stereocenters. The molecule has 0 radical (unpaired) electrons. The molecule has 0 spiro atoms. The molecule has 5 heteroatoms. The van der Waals surface area contributed by atoms with Crippen LogP contribution in [0.5, 0.6) is 0 Å². The molecular weight excluding hydrogens is 248 g/mol. The highest BCUT2D eigenvalue weighted by Gasteiger charge is 2.33. The zero-order chi connectivity index (χ0) is 13.3. The van der Waals surface area contributed by atoms with Crippen LogP contribution in [0.15, 0.2) is 24.3 Å². The van der Waals surface area contributed by atoms with Crippen LogP contribution in [0, 0.1) is 11.8 Å². The summed E-state index contributed by atoms with van der Waals surface area (Å²) in [4.78, 5) is 0. The van der Waals surface area contributed by atoms with Gasteiger partial charge in [-0.15, -0.1) is 0 Å². The topological polar surface area (TPSA) is 63.4 Å². The maximum atomic E-state index is 12.3. The first-order valence-electron chi connectivity index (χ1n) is 6.21. The van der Waals surface area contributed by atoms with E-state index in [0.29, 0.717) is 30.6 Å². The van der Waals surface area contributed by atoms with E-state index in [9.17, 15) is 8.42 Å². The van der Waals surface area contributed by atoms with E-state index in [1.165, 1.54) is 0 Å². The number of hydrogen-bond acceptors (Lipinski definition) is 3. The van der Waals surface area contributed by atoms with Crippen molar-refractivity contribution in [3.63, 3.8) is 0 Å². The molecule has 2 atom stereocenters.